The summed E-state index contributed by atoms with van der Waals surface area (Å²) in [7, 11) is 0. The van der Waals surface area contributed by atoms with Gasteiger partial charge in [0.2, 0.25) is 5.88 Å². The summed E-state index contributed by atoms with van der Waals surface area (Å²) < 4.78 is 6.78. The zero-order valence-electron chi connectivity index (χ0n) is 9.99. The highest BCUT2D eigenvalue weighted by atomic mass is 79.9. The minimum atomic E-state index is 0.561. The molecule has 2 rings (SSSR count). The van der Waals surface area contributed by atoms with Crippen LogP contribution in [0.5, 0.6) is 11.6 Å². The van der Waals surface area contributed by atoms with Gasteiger partial charge in [0.1, 0.15) is 5.75 Å². The maximum absolute atomic E-state index is 5.80. The van der Waals surface area contributed by atoms with Crippen LogP contribution in [0.2, 0.25) is 0 Å². The highest BCUT2D eigenvalue weighted by Gasteiger charge is 2.07. The molecule has 2 aromatic rings. The van der Waals surface area contributed by atoms with Crippen LogP contribution in [0, 0.1) is 20.8 Å². The quantitative estimate of drug-likeness (QED) is 0.840. The van der Waals surface area contributed by atoms with Gasteiger partial charge >= 0.3 is 0 Å². The van der Waals surface area contributed by atoms with Gasteiger partial charge in [0.25, 0.3) is 0 Å². The molecule has 1 heterocycles. The summed E-state index contributed by atoms with van der Waals surface area (Å²) in [6.07, 6.45) is 1.73. The van der Waals surface area contributed by atoms with Crippen molar-refractivity contribution < 1.29 is 4.74 Å². The number of hydrogen-bond donors (Lipinski definition) is 0. The van der Waals surface area contributed by atoms with E-state index in [-0.39, 0.29) is 0 Å². The normalized spacial score (nSPS) is 10.4. The SMILES string of the molecule is Cc1cnc(C)c(Oc2cc(Br)ccc2C)n1. The smallest absolute Gasteiger partial charge is 0.241 e. The van der Waals surface area contributed by atoms with Gasteiger partial charge in [-0.05, 0) is 38.5 Å². The van der Waals surface area contributed by atoms with Gasteiger partial charge in [-0.25, -0.2) is 4.98 Å². The molecule has 0 aliphatic heterocycles. The predicted molar refractivity (Wildman–Crippen MR) is 70.5 cm³/mol. The highest BCUT2D eigenvalue weighted by Crippen LogP contribution is 2.28. The Morgan fingerprint density at radius 1 is 1.18 bits per heavy atom. The third-order valence-corrected chi connectivity index (χ3v) is 2.88. The number of benzene rings is 1. The van der Waals surface area contributed by atoms with E-state index in [2.05, 4.69) is 25.9 Å². The van der Waals surface area contributed by atoms with Crippen LogP contribution in [0.15, 0.2) is 28.9 Å². The number of nitrogens with zero attached hydrogens (tertiary/aromatic N) is 2. The summed E-state index contributed by atoms with van der Waals surface area (Å²) in [5.74, 6) is 1.36. The second-order valence-corrected chi connectivity index (χ2v) is 4.83. The Hall–Kier alpha value is -1.42. The lowest BCUT2D eigenvalue weighted by molar-refractivity contribution is 0.450. The molecule has 0 aliphatic carbocycles. The zero-order chi connectivity index (χ0) is 12.4. The monoisotopic (exact) mass is 292 g/mol. The lowest BCUT2D eigenvalue weighted by Crippen LogP contribution is -1.97. The minimum absolute atomic E-state index is 0.561. The first-order valence-electron chi connectivity index (χ1n) is 5.30. The molecule has 88 valence electrons. The molecule has 0 saturated heterocycles. The molecule has 0 atom stereocenters. The van der Waals surface area contributed by atoms with Gasteiger partial charge in [-0.3, -0.25) is 4.98 Å². The predicted octanol–water partition coefficient (Wildman–Crippen LogP) is 3.96. The van der Waals surface area contributed by atoms with Crippen LogP contribution in [0.1, 0.15) is 17.0 Å². The van der Waals surface area contributed by atoms with Gasteiger partial charge in [-0.2, -0.15) is 0 Å². The van der Waals surface area contributed by atoms with Crippen molar-refractivity contribution in [3.05, 3.63) is 45.8 Å². The summed E-state index contributed by atoms with van der Waals surface area (Å²) in [5, 5.41) is 0. The van der Waals surface area contributed by atoms with Gasteiger partial charge in [0.15, 0.2) is 0 Å². The lowest BCUT2D eigenvalue weighted by Gasteiger charge is -2.10. The van der Waals surface area contributed by atoms with Gasteiger partial charge in [0.05, 0.1) is 11.4 Å². The molecule has 0 saturated carbocycles. The second kappa shape index (κ2) is 4.84. The summed E-state index contributed by atoms with van der Waals surface area (Å²) in [6.45, 7) is 5.78. The van der Waals surface area contributed by atoms with E-state index in [0.717, 1.165) is 27.2 Å². The van der Waals surface area contributed by atoms with Gasteiger partial charge in [-0.1, -0.05) is 22.0 Å². The number of halogens is 1. The van der Waals surface area contributed by atoms with Crippen molar-refractivity contribution >= 4 is 15.9 Å². The summed E-state index contributed by atoms with van der Waals surface area (Å²) >= 11 is 3.43. The Balaban J connectivity index is 2.37. The molecular formula is C13H13BrN2O. The Morgan fingerprint density at radius 3 is 2.71 bits per heavy atom. The number of hydrogen-bond acceptors (Lipinski definition) is 3. The van der Waals surface area contributed by atoms with E-state index in [1.165, 1.54) is 0 Å². The maximum Gasteiger partial charge on any atom is 0.241 e. The van der Waals surface area contributed by atoms with Crippen LogP contribution < -0.4 is 4.74 Å². The second-order valence-electron chi connectivity index (χ2n) is 3.91. The molecule has 0 fully saturated rings. The standard InChI is InChI=1S/C13H13BrN2O/c1-8-4-5-11(14)6-12(8)17-13-10(3)15-7-9(2)16-13/h4-7H,1-3H3. The van der Waals surface area contributed by atoms with Crippen molar-refractivity contribution in [3.8, 4) is 11.6 Å². The van der Waals surface area contributed by atoms with Gasteiger partial charge in [0, 0.05) is 10.7 Å². The van der Waals surface area contributed by atoms with Crippen LogP contribution in [0.25, 0.3) is 0 Å². The summed E-state index contributed by atoms with van der Waals surface area (Å²) in [5.41, 5.74) is 2.70. The van der Waals surface area contributed by atoms with Crippen molar-refractivity contribution in [1.29, 1.82) is 0 Å². The average molecular weight is 293 g/mol. The van der Waals surface area contributed by atoms with Crippen LogP contribution >= 0.6 is 15.9 Å². The molecule has 4 heteroatoms. The van der Waals surface area contributed by atoms with Crippen molar-refractivity contribution in [2.24, 2.45) is 0 Å². The van der Waals surface area contributed by atoms with E-state index >= 15 is 0 Å². The van der Waals surface area contributed by atoms with Crippen molar-refractivity contribution in [2.75, 3.05) is 0 Å². The molecule has 0 spiro atoms. The molecule has 3 nitrogen and oxygen atoms in total. The first-order chi connectivity index (χ1) is 8.06. The fourth-order valence-corrected chi connectivity index (χ4v) is 1.74. The molecule has 0 radical (unpaired) electrons. The molecule has 0 aliphatic rings. The molecule has 1 aromatic heterocycles. The minimum Gasteiger partial charge on any atom is -0.437 e. The van der Waals surface area contributed by atoms with E-state index in [4.69, 9.17) is 4.74 Å². The maximum atomic E-state index is 5.80. The zero-order valence-corrected chi connectivity index (χ0v) is 11.6. The molecule has 0 bridgehead atoms. The van der Waals surface area contributed by atoms with Crippen LogP contribution in [-0.4, -0.2) is 9.97 Å². The topological polar surface area (TPSA) is 35.0 Å². The Bertz CT molecular complexity index is 506. The summed E-state index contributed by atoms with van der Waals surface area (Å²) in [4.78, 5) is 8.57. The number of ether oxygens (including phenoxy) is 1. The first kappa shape index (κ1) is 12.0. The number of aromatic nitrogens is 2. The number of rotatable bonds is 2. The third kappa shape index (κ3) is 2.82. The van der Waals surface area contributed by atoms with Gasteiger partial charge < -0.3 is 4.74 Å². The van der Waals surface area contributed by atoms with E-state index in [9.17, 15) is 0 Å². The van der Waals surface area contributed by atoms with Crippen LogP contribution in [-0.2, 0) is 0 Å². The largest absolute Gasteiger partial charge is 0.437 e. The Morgan fingerprint density at radius 2 is 1.94 bits per heavy atom. The average Bonchev–Trinajstić information content (AvgIpc) is 2.28. The molecule has 17 heavy (non-hydrogen) atoms. The fourth-order valence-electron chi connectivity index (χ4n) is 1.40. The third-order valence-electron chi connectivity index (χ3n) is 2.39. The summed E-state index contributed by atoms with van der Waals surface area (Å²) in [6, 6.07) is 5.91. The van der Waals surface area contributed by atoms with Crippen molar-refractivity contribution in [1.82, 2.24) is 9.97 Å². The number of aryl methyl sites for hydroxylation is 3. The van der Waals surface area contributed by atoms with E-state index in [1.807, 2.05) is 39.0 Å². The first-order valence-corrected chi connectivity index (χ1v) is 6.10. The highest BCUT2D eigenvalue weighted by molar-refractivity contribution is 9.10. The van der Waals surface area contributed by atoms with Crippen molar-refractivity contribution in [3.63, 3.8) is 0 Å². The fraction of sp³-hybridized carbons (Fsp3) is 0.231. The van der Waals surface area contributed by atoms with E-state index < -0.39 is 0 Å². The molecule has 0 unspecified atom stereocenters. The van der Waals surface area contributed by atoms with Gasteiger partial charge in [-0.15, -0.1) is 0 Å². The molecule has 0 amide bonds. The van der Waals surface area contributed by atoms with E-state index in [1.54, 1.807) is 6.20 Å². The lowest BCUT2D eigenvalue weighted by atomic mass is 10.2. The van der Waals surface area contributed by atoms with Crippen molar-refractivity contribution in [2.45, 2.75) is 20.8 Å². The van der Waals surface area contributed by atoms with Crippen LogP contribution in [0.4, 0.5) is 0 Å². The van der Waals surface area contributed by atoms with Crippen LogP contribution in [0.3, 0.4) is 0 Å². The molecule has 0 N–H and O–H groups in total. The molecule has 1 aromatic carbocycles. The Labute approximate surface area is 109 Å². The molecular weight excluding hydrogens is 280 g/mol. The Kier molecular flexibility index (Phi) is 3.43. The van der Waals surface area contributed by atoms with E-state index in [0.29, 0.717) is 5.88 Å².